The van der Waals surface area contributed by atoms with Gasteiger partial charge in [-0.05, 0) is 39.5 Å². The molecule has 0 radical (unpaired) electrons. The fourth-order valence-corrected chi connectivity index (χ4v) is 2.32. The van der Waals surface area contributed by atoms with Gasteiger partial charge in [0.1, 0.15) is 12.0 Å². The van der Waals surface area contributed by atoms with Gasteiger partial charge in [0, 0.05) is 19.2 Å². The lowest BCUT2D eigenvalue weighted by Gasteiger charge is -2.39. The second kappa shape index (κ2) is 6.74. The van der Waals surface area contributed by atoms with Crippen molar-refractivity contribution in [1.82, 2.24) is 9.97 Å². The van der Waals surface area contributed by atoms with Crippen molar-refractivity contribution in [3.05, 3.63) is 6.33 Å². The third kappa shape index (κ3) is 3.30. The second-order valence-corrected chi connectivity index (χ2v) is 5.44. The maximum absolute atomic E-state index is 9.06. The molecule has 0 bridgehead atoms. The van der Waals surface area contributed by atoms with E-state index in [1.807, 2.05) is 13.8 Å². The standard InChI is InChI=1S/C14H24N4O2/c1-10(2)20-14-12(15)13(16-9-17-14)18(7-4-8-19)11-5-3-6-11/h9-11,19H,3-8,15H2,1-2H3. The van der Waals surface area contributed by atoms with Gasteiger partial charge < -0.3 is 20.5 Å². The average molecular weight is 280 g/mol. The van der Waals surface area contributed by atoms with Crippen molar-refractivity contribution in [2.75, 3.05) is 23.8 Å². The zero-order valence-corrected chi connectivity index (χ0v) is 12.2. The fourth-order valence-electron chi connectivity index (χ4n) is 2.32. The SMILES string of the molecule is CC(C)Oc1ncnc(N(CCCO)C2CCC2)c1N. The molecule has 0 aromatic carbocycles. The molecule has 1 fully saturated rings. The van der Waals surface area contributed by atoms with E-state index in [9.17, 15) is 0 Å². The number of ether oxygens (including phenoxy) is 1. The molecule has 112 valence electrons. The minimum atomic E-state index is 0.0228. The third-order valence-electron chi connectivity index (χ3n) is 3.52. The van der Waals surface area contributed by atoms with Crippen LogP contribution in [0.1, 0.15) is 39.5 Å². The van der Waals surface area contributed by atoms with E-state index in [0.717, 1.165) is 25.2 Å². The van der Waals surface area contributed by atoms with Gasteiger partial charge in [-0.3, -0.25) is 0 Å². The van der Waals surface area contributed by atoms with Crippen molar-refractivity contribution in [3.63, 3.8) is 0 Å². The van der Waals surface area contributed by atoms with Gasteiger partial charge in [0.2, 0.25) is 5.88 Å². The number of aromatic nitrogens is 2. The Balaban J connectivity index is 2.22. The van der Waals surface area contributed by atoms with Gasteiger partial charge in [-0.25, -0.2) is 4.98 Å². The van der Waals surface area contributed by atoms with Crippen LogP contribution in [0.3, 0.4) is 0 Å². The first kappa shape index (κ1) is 14.8. The van der Waals surface area contributed by atoms with Crippen LogP contribution in [0.15, 0.2) is 6.33 Å². The molecule has 0 saturated heterocycles. The van der Waals surface area contributed by atoms with Crippen molar-refractivity contribution in [1.29, 1.82) is 0 Å². The molecule has 1 aliphatic carbocycles. The molecule has 0 aliphatic heterocycles. The lowest BCUT2D eigenvalue weighted by molar-refractivity contribution is 0.233. The summed E-state index contributed by atoms with van der Waals surface area (Å²) in [5.74, 6) is 1.17. The summed E-state index contributed by atoms with van der Waals surface area (Å²) in [6.07, 6.45) is 5.76. The van der Waals surface area contributed by atoms with E-state index >= 15 is 0 Å². The summed E-state index contributed by atoms with van der Waals surface area (Å²) in [5, 5.41) is 9.06. The van der Waals surface area contributed by atoms with E-state index in [0.29, 0.717) is 24.0 Å². The highest BCUT2D eigenvalue weighted by molar-refractivity contribution is 5.68. The van der Waals surface area contributed by atoms with Gasteiger partial charge in [0.25, 0.3) is 0 Å². The Morgan fingerprint density at radius 1 is 1.45 bits per heavy atom. The monoisotopic (exact) mass is 280 g/mol. The number of aliphatic hydroxyl groups excluding tert-OH is 1. The van der Waals surface area contributed by atoms with Crippen molar-refractivity contribution in [2.24, 2.45) is 0 Å². The molecular formula is C14H24N4O2. The Labute approximate surface area is 120 Å². The number of hydrogen-bond donors (Lipinski definition) is 2. The molecule has 1 aliphatic rings. The molecule has 0 unspecified atom stereocenters. The molecule has 1 saturated carbocycles. The molecule has 0 atom stereocenters. The van der Waals surface area contributed by atoms with Crippen LogP contribution in [0.4, 0.5) is 11.5 Å². The maximum atomic E-state index is 9.06. The first-order valence-corrected chi connectivity index (χ1v) is 7.28. The summed E-state index contributed by atoms with van der Waals surface area (Å²) in [4.78, 5) is 10.6. The van der Waals surface area contributed by atoms with Gasteiger partial charge in [0.05, 0.1) is 6.10 Å². The average Bonchev–Trinajstić information content (AvgIpc) is 2.34. The van der Waals surface area contributed by atoms with E-state index in [1.165, 1.54) is 12.7 Å². The van der Waals surface area contributed by atoms with Crippen LogP contribution < -0.4 is 15.4 Å². The van der Waals surface area contributed by atoms with E-state index in [1.54, 1.807) is 0 Å². The van der Waals surface area contributed by atoms with Crippen LogP contribution in [0.2, 0.25) is 0 Å². The van der Waals surface area contributed by atoms with Gasteiger partial charge in [-0.1, -0.05) is 0 Å². The molecule has 1 aromatic heterocycles. The Bertz CT molecular complexity index is 435. The summed E-state index contributed by atoms with van der Waals surface area (Å²) in [6, 6.07) is 0.464. The van der Waals surface area contributed by atoms with Crippen LogP contribution >= 0.6 is 0 Å². The lowest BCUT2D eigenvalue weighted by atomic mass is 9.91. The predicted molar refractivity (Wildman–Crippen MR) is 78.9 cm³/mol. The molecule has 1 aromatic rings. The Morgan fingerprint density at radius 3 is 2.75 bits per heavy atom. The zero-order valence-electron chi connectivity index (χ0n) is 12.2. The smallest absolute Gasteiger partial charge is 0.242 e. The van der Waals surface area contributed by atoms with Crippen molar-refractivity contribution >= 4 is 11.5 Å². The van der Waals surface area contributed by atoms with Gasteiger partial charge >= 0.3 is 0 Å². The van der Waals surface area contributed by atoms with Crippen molar-refractivity contribution in [3.8, 4) is 5.88 Å². The fraction of sp³-hybridized carbons (Fsp3) is 0.714. The minimum absolute atomic E-state index is 0.0228. The van der Waals surface area contributed by atoms with Gasteiger partial charge in [0.15, 0.2) is 5.82 Å². The number of hydrogen-bond acceptors (Lipinski definition) is 6. The molecule has 20 heavy (non-hydrogen) atoms. The first-order valence-electron chi connectivity index (χ1n) is 7.28. The Morgan fingerprint density at radius 2 is 2.20 bits per heavy atom. The zero-order chi connectivity index (χ0) is 14.5. The molecule has 6 nitrogen and oxygen atoms in total. The van der Waals surface area contributed by atoms with Crippen LogP contribution in [-0.4, -0.2) is 40.4 Å². The largest absolute Gasteiger partial charge is 0.473 e. The number of nitrogens with zero attached hydrogens (tertiary/aromatic N) is 3. The van der Waals surface area contributed by atoms with E-state index in [4.69, 9.17) is 15.6 Å². The highest BCUT2D eigenvalue weighted by atomic mass is 16.5. The van der Waals surface area contributed by atoms with Gasteiger partial charge in [-0.2, -0.15) is 4.98 Å². The maximum Gasteiger partial charge on any atom is 0.242 e. The minimum Gasteiger partial charge on any atom is -0.473 e. The second-order valence-electron chi connectivity index (χ2n) is 5.44. The summed E-state index contributed by atoms with van der Waals surface area (Å²) < 4.78 is 5.62. The highest BCUT2D eigenvalue weighted by Gasteiger charge is 2.28. The molecule has 1 heterocycles. The third-order valence-corrected chi connectivity index (χ3v) is 3.52. The topological polar surface area (TPSA) is 84.5 Å². The van der Waals surface area contributed by atoms with E-state index in [-0.39, 0.29) is 12.7 Å². The number of anilines is 2. The normalized spacial score (nSPS) is 15.2. The molecule has 3 N–H and O–H groups in total. The molecule has 2 rings (SSSR count). The number of nitrogens with two attached hydrogens (primary N) is 1. The molecule has 0 spiro atoms. The highest BCUT2D eigenvalue weighted by Crippen LogP contribution is 2.34. The summed E-state index contributed by atoms with van der Waals surface area (Å²) >= 11 is 0. The summed E-state index contributed by atoms with van der Waals surface area (Å²) in [6.45, 7) is 4.81. The molecule has 6 heteroatoms. The van der Waals surface area contributed by atoms with E-state index in [2.05, 4.69) is 14.9 Å². The van der Waals surface area contributed by atoms with E-state index < -0.39 is 0 Å². The quantitative estimate of drug-likeness (QED) is 0.789. The van der Waals surface area contributed by atoms with Crippen LogP contribution in [0.25, 0.3) is 0 Å². The molecule has 0 amide bonds. The number of nitrogen functional groups attached to an aromatic ring is 1. The molecular weight excluding hydrogens is 256 g/mol. The Kier molecular flexibility index (Phi) is 5.00. The van der Waals surface area contributed by atoms with Crippen LogP contribution in [0.5, 0.6) is 5.88 Å². The van der Waals surface area contributed by atoms with Gasteiger partial charge in [-0.15, -0.1) is 0 Å². The lowest BCUT2D eigenvalue weighted by Crippen LogP contribution is -2.42. The van der Waals surface area contributed by atoms with Crippen LogP contribution in [-0.2, 0) is 0 Å². The number of rotatable bonds is 7. The Hall–Kier alpha value is -1.56. The predicted octanol–water partition coefficient (Wildman–Crippen LogP) is 1.59. The number of aliphatic hydroxyl groups is 1. The summed E-state index contributed by atoms with van der Waals surface area (Å²) in [5.41, 5.74) is 6.66. The summed E-state index contributed by atoms with van der Waals surface area (Å²) in [7, 11) is 0. The first-order chi connectivity index (χ1) is 9.63. The van der Waals surface area contributed by atoms with Crippen molar-refractivity contribution in [2.45, 2.75) is 51.7 Å². The van der Waals surface area contributed by atoms with Crippen LogP contribution in [0, 0.1) is 0 Å². The van der Waals surface area contributed by atoms with Crippen molar-refractivity contribution < 1.29 is 9.84 Å².